The lowest BCUT2D eigenvalue weighted by molar-refractivity contribution is -0.112. The second-order valence-electron chi connectivity index (χ2n) is 6.22. The summed E-state index contributed by atoms with van der Waals surface area (Å²) < 4.78 is 10.6. The van der Waals surface area contributed by atoms with Gasteiger partial charge in [-0.1, -0.05) is 23.7 Å². The van der Waals surface area contributed by atoms with Gasteiger partial charge in [0.05, 0.1) is 14.2 Å². The molecule has 26 heavy (non-hydrogen) atoms. The van der Waals surface area contributed by atoms with E-state index in [4.69, 9.17) is 21.1 Å². The first-order valence-electron chi connectivity index (χ1n) is 8.53. The number of carbonyl (C=O) groups excluding carboxylic acids is 1. The van der Waals surface area contributed by atoms with Crippen LogP contribution < -0.4 is 9.47 Å². The Morgan fingerprint density at radius 2 is 1.38 bits per heavy atom. The highest BCUT2D eigenvalue weighted by atomic mass is 35.5. The Hall–Kier alpha value is -2.52. The van der Waals surface area contributed by atoms with Gasteiger partial charge in [-0.3, -0.25) is 4.79 Å². The Labute approximate surface area is 158 Å². The molecule has 2 aromatic carbocycles. The molecule has 0 bridgehead atoms. The molecule has 0 amide bonds. The van der Waals surface area contributed by atoms with E-state index in [0.717, 1.165) is 41.5 Å². The second-order valence-corrected chi connectivity index (χ2v) is 6.66. The van der Waals surface area contributed by atoms with Crippen molar-refractivity contribution in [3.8, 4) is 11.5 Å². The SMILES string of the molecule is COc1cc(/C=C2\CCC/C(=C\c3ccc(Cl)cc3)C2=O)cc(OC)c1. The first-order chi connectivity index (χ1) is 12.6. The largest absolute Gasteiger partial charge is 0.497 e. The van der Waals surface area contributed by atoms with E-state index in [-0.39, 0.29) is 5.78 Å². The fourth-order valence-corrected chi connectivity index (χ4v) is 3.18. The van der Waals surface area contributed by atoms with E-state index >= 15 is 0 Å². The summed E-state index contributed by atoms with van der Waals surface area (Å²) in [5, 5.41) is 0.690. The number of ketones is 1. The van der Waals surface area contributed by atoms with Crippen LogP contribution in [-0.4, -0.2) is 20.0 Å². The highest BCUT2D eigenvalue weighted by Gasteiger charge is 2.20. The number of methoxy groups -OCH3 is 2. The molecule has 0 aliphatic heterocycles. The Bertz CT molecular complexity index is 841. The predicted molar refractivity (Wildman–Crippen MR) is 106 cm³/mol. The van der Waals surface area contributed by atoms with E-state index in [1.165, 1.54) is 0 Å². The Morgan fingerprint density at radius 1 is 0.846 bits per heavy atom. The van der Waals surface area contributed by atoms with E-state index in [0.29, 0.717) is 16.5 Å². The number of hydrogen-bond acceptors (Lipinski definition) is 3. The van der Waals surface area contributed by atoms with Gasteiger partial charge in [-0.2, -0.15) is 0 Å². The quantitative estimate of drug-likeness (QED) is 0.661. The second kappa shape index (κ2) is 8.24. The van der Waals surface area contributed by atoms with Crippen molar-refractivity contribution >= 4 is 29.5 Å². The maximum absolute atomic E-state index is 12.9. The molecule has 134 valence electrons. The van der Waals surface area contributed by atoms with Crippen LogP contribution >= 0.6 is 11.6 Å². The van der Waals surface area contributed by atoms with Gasteiger partial charge in [0, 0.05) is 22.2 Å². The van der Waals surface area contributed by atoms with Crippen molar-refractivity contribution in [2.24, 2.45) is 0 Å². The van der Waals surface area contributed by atoms with Gasteiger partial charge in [0.1, 0.15) is 11.5 Å². The number of rotatable bonds is 4. The average molecular weight is 369 g/mol. The van der Waals surface area contributed by atoms with Gasteiger partial charge in [0.2, 0.25) is 0 Å². The number of allylic oxidation sites excluding steroid dienone is 2. The zero-order valence-electron chi connectivity index (χ0n) is 14.9. The number of hydrogen-bond donors (Lipinski definition) is 0. The molecular weight excluding hydrogens is 348 g/mol. The monoisotopic (exact) mass is 368 g/mol. The normalized spacial score (nSPS) is 17.6. The lowest BCUT2D eigenvalue weighted by atomic mass is 9.87. The number of carbonyl (C=O) groups is 1. The summed E-state index contributed by atoms with van der Waals surface area (Å²) in [7, 11) is 3.23. The summed E-state index contributed by atoms with van der Waals surface area (Å²) in [4.78, 5) is 12.9. The lowest BCUT2D eigenvalue weighted by Gasteiger charge is -2.17. The van der Waals surface area contributed by atoms with Gasteiger partial charge >= 0.3 is 0 Å². The molecule has 0 atom stereocenters. The highest BCUT2D eigenvalue weighted by molar-refractivity contribution is 6.30. The molecule has 3 nitrogen and oxygen atoms in total. The van der Waals surface area contributed by atoms with Gasteiger partial charge in [0.25, 0.3) is 0 Å². The lowest BCUT2D eigenvalue weighted by Crippen LogP contribution is -2.12. The van der Waals surface area contributed by atoms with Crippen LogP contribution in [-0.2, 0) is 4.79 Å². The fourth-order valence-electron chi connectivity index (χ4n) is 3.05. The minimum atomic E-state index is 0.105. The van der Waals surface area contributed by atoms with Crippen LogP contribution in [0, 0.1) is 0 Å². The summed E-state index contributed by atoms with van der Waals surface area (Å²) in [6.07, 6.45) is 6.41. The van der Waals surface area contributed by atoms with Gasteiger partial charge < -0.3 is 9.47 Å². The molecule has 3 rings (SSSR count). The molecule has 2 aromatic rings. The molecule has 0 spiro atoms. The molecule has 0 heterocycles. The maximum atomic E-state index is 12.9. The molecule has 1 aliphatic rings. The van der Waals surface area contributed by atoms with E-state index < -0.39 is 0 Å². The highest BCUT2D eigenvalue weighted by Crippen LogP contribution is 2.30. The van der Waals surface area contributed by atoms with Crippen molar-refractivity contribution in [1.29, 1.82) is 0 Å². The minimum Gasteiger partial charge on any atom is -0.497 e. The molecule has 1 saturated carbocycles. The topological polar surface area (TPSA) is 35.5 Å². The predicted octanol–water partition coefficient (Wildman–Crippen LogP) is 5.58. The van der Waals surface area contributed by atoms with Crippen molar-refractivity contribution in [1.82, 2.24) is 0 Å². The molecule has 0 radical (unpaired) electrons. The van der Waals surface area contributed by atoms with Crippen molar-refractivity contribution in [2.75, 3.05) is 14.2 Å². The third-order valence-corrected chi connectivity index (χ3v) is 4.65. The van der Waals surface area contributed by atoms with E-state index in [1.807, 2.05) is 54.6 Å². The maximum Gasteiger partial charge on any atom is 0.185 e. The summed E-state index contributed by atoms with van der Waals surface area (Å²) >= 11 is 5.93. The summed E-state index contributed by atoms with van der Waals surface area (Å²) in [6.45, 7) is 0. The minimum absolute atomic E-state index is 0.105. The third-order valence-electron chi connectivity index (χ3n) is 4.40. The molecule has 0 unspecified atom stereocenters. The van der Waals surface area contributed by atoms with Gasteiger partial charge in [-0.05, 0) is 66.8 Å². The van der Waals surface area contributed by atoms with Crippen LogP contribution in [0.5, 0.6) is 11.5 Å². The zero-order chi connectivity index (χ0) is 18.5. The Balaban J connectivity index is 1.90. The van der Waals surface area contributed by atoms with Crippen LogP contribution in [0.1, 0.15) is 30.4 Å². The van der Waals surface area contributed by atoms with Gasteiger partial charge in [-0.15, -0.1) is 0 Å². The molecular formula is C22H21ClO3. The van der Waals surface area contributed by atoms with Crippen molar-refractivity contribution < 1.29 is 14.3 Å². The molecule has 0 N–H and O–H groups in total. The van der Waals surface area contributed by atoms with Crippen molar-refractivity contribution in [3.63, 3.8) is 0 Å². The van der Waals surface area contributed by atoms with Crippen molar-refractivity contribution in [3.05, 3.63) is 69.8 Å². The fraction of sp³-hybridized carbons (Fsp3) is 0.227. The number of halogens is 1. The molecule has 1 fully saturated rings. The average Bonchev–Trinajstić information content (AvgIpc) is 2.66. The Kier molecular flexibility index (Phi) is 5.79. The van der Waals surface area contributed by atoms with E-state index in [9.17, 15) is 4.79 Å². The summed E-state index contributed by atoms with van der Waals surface area (Å²) in [5.74, 6) is 1.51. The van der Waals surface area contributed by atoms with Crippen LogP contribution in [0.4, 0.5) is 0 Å². The first-order valence-corrected chi connectivity index (χ1v) is 8.91. The number of benzene rings is 2. The summed E-state index contributed by atoms with van der Waals surface area (Å²) in [6, 6.07) is 13.1. The van der Waals surface area contributed by atoms with Gasteiger partial charge in [0.15, 0.2) is 5.78 Å². The standard InChI is InChI=1S/C22H21ClO3/c1-25-20-12-16(13-21(14-20)26-2)11-18-5-3-4-17(22(18)24)10-15-6-8-19(23)9-7-15/h6-14H,3-5H2,1-2H3/b17-10+,18-11+. The van der Waals surface area contributed by atoms with Crippen LogP contribution in [0.25, 0.3) is 12.2 Å². The molecule has 1 aliphatic carbocycles. The van der Waals surface area contributed by atoms with Crippen LogP contribution in [0.2, 0.25) is 5.02 Å². The molecule has 0 saturated heterocycles. The van der Waals surface area contributed by atoms with Crippen molar-refractivity contribution in [2.45, 2.75) is 19.3 Å². The third kappa shape index (κ3) is 4.36. The van der Waals surface area contributed by atoms with Gasteiger partial charge in [-0.25, -0.2) is 0 Å². The first kappa shape index (κ1) is 18.3. The zero-order valence-corrected chi connectivity index (χ0v) is 15.7. The summed E-state index contributed by atoms with van der Waals surface area (Å²) in [5.41, 5.74) is 3.53. The number of Topliss-reactive ketones (excluding diaryl/α,β-unsaturated/α-hetero) is 1. The van der Waals surface area contributed by atoms with Crippen LogP contribution in [0.3, 0.4) is 0 Å². The van der Waals surface area contributed by atoms with E-state index in [2.05, 4.69) is 0 Å². The van der Waals surface area contributed by atoms with Crippen LogP contribution in [0.15, 0.2) is 53.6 Å². The molecule has 0 aromatic heterocycles. The number of ether oxygens (including phenoxy) is 2. The van der Waals surface area contributed by atoms with E-state index in [1.54, 1.807) is 14.2 Å². The Morgan fingerprint density at radius 3 is 1.92 bits per heavy atom. The molecule has 4 heteroatoms. The smallest absolute Gasteiger partial charge is 0.185 e.